The Morgan fingerprint density at radius 3 is 2.65 bits per heavy atom. The molecule has 0 bridgehead atoms. The van der Waals surface area contributed by atoms with E-state index in [0.717, 1.165) is 5.56 Å². The number of aliphatic hydroxyl groups excluding tert-OH is 1. The van der Waals surface area contributed by atoms with Crippen LogP contribution in [0.3, 0.4) is 0 Å². The van der Waals surface area contributed by atoms with Crippen molar-refractivity contribution in [3.8, 4) is 0 Å². The smallest absolute Gasteiger partial charge is 0.252 e. The van der Waals surface area contributed by atoms with E-state index in [1.165, 1.54) is 6.07 Å². The Bertz CT molecular complexity index is 602. The maximum atomic E-state index is 12.0. The zero-order chi connectivity index (χ0) is 14.5. The second-order valence-electron chi connectivity index (χ2n) is 4.38. The molecule has 2 aromatic rings. The first kappa shape index (κ1) is 14.4. The van der Waals surface area contributed by atoms with E-state index >= 15 is 0 Å². The zero-order valence-corrected chi connectivity index (χ0v) is 11.5. The lowest BCUT2D eigenvalue weighted by Gasteiger charge is -2.13. The van der Waals surface area contributed by atoms with Gasteiger partial charge in [0.25, 0.3) is 5.91 Å². The molecule has 20 heavy (non-hydrogen) atoms. The van der Waals surface area contributed by atoms with E-state index in [9.17, 15) is 9.90 Å². The lowest BCUT2D eigenvalue weighted by molar-refractivity contribution is 0.0916. The van der Waals surface area contributed by atoms with Gasteiger partial charge in [-0.15, -0.1) is 0 Å². The number of aliphatic hydroxyl groups is 1. The van der Waals surface area contributed by atoms with Gasteiger partial charge in [0.05, 0.1) is 16.7 Å². The number of rotatable bonds is 4. The molecule has 1 atom stereocenters. The average molecular weight is 291 g/mol. The number of carbonyl (C=O) groups is 1. The fourth-order valence-corrected chi connectivity index (χ4v) is 2.00. The predicted octanol–water partition coefficient (Wildman–Crippen LogP) is 2.39. The third-order valence-corrected chi connectivity index (χ3v) is 3.20. The van der Waals surface area contributed by atoms with Gasteiger partial charge in [-0.05, 0) is 23.8 Å². The van der Waals surface area contributed by atoms with E-state index in [1.54, 1.807) is 24.3 Å². The molecular weight excluding hydrogens is 276 g/mol. The number of halogens is 1. The Morgan fingerprint density at radius 1 is 1.25 bits per heavy atom. The van der Waals surface area contributed by atoms with Gasteiger partial charge >= 0.3 is 0 Å². The number of hydrogen-bond acceptors (Lipinski definition) is 3. The lowest BCUT2D eigenvalue weighted by atomic mass is 10.1. The van der Waals surface area contributed by atoms with Crippen molar-refractivity contribution >= 4 is 23.2 Å². The van der Waals surface area contributed by atoms with Crippen LogP contribution in [0.2, 0.25) is 5.02 Å². The Balaban J connectivity index is 2.00. The van der Waals surface area contributed by atoms with E-state index in [2.05, 4.69) is 5.32 Å². The number of hydrogen-bond donors (Lipinski definition) is 3. The summed E-state index contributed by atoms with van der Waals surface area (Å²) in [6.45, 7) is 0.105. The van der Waals surface area contributed by atoms with Crippen molar-refractivity contribution in [3.63, 3.8) is 0 Å². The minimum absolute atomic E-state index is 0.105. The minimum Gasteiger partial charge on any atom is -0.399 e. The fraction of sp³-hybridized carbons (Fsp3) is 0.133. The molecule has 2 rings (SSSR count). The highest BCUT2D eigenvalue weighted by Gasteiger charge is 2.13. The van der Waals surface area contributed by atoms with Crippen LogP contribution in [0.5, 0.6) is 0 Å². The molecule has 1 amide bonds. The van der Waals surface area contributed by atoms with Gasteiger partial charge in [-0.3, -0.25) is 4.79 Å². The summed E-state index contributed by atoms with van der Waals surface area (Å²) in [7, 11) is 0. The van der Waals surface area contributed by atoms with Crippen LogP contribution in [-0.4, -0.2) is 17.6 Å². The van der Waals surface area contributed by atoms with E-state index in [1.807, 2.05) is 18.2 Å². The topological polar surface area (TPSA) is 75.4 Å². The molecule has 4 nitrogen and oxygen atoms in total. The molecule has 0 heterocycles. The van der Waals surface area contributed by atoms with Crippen molar-refractivity contribution in [1.29, 1.82) is 0 Å². The van der Waals surface area contributed by atoms with Gasteiger partial charge in [0.15, 0.2) is 0 Å². The maximum Gasteiger partial charge on any atom is 0.252 e. The van der Waals surface area contributed by atoms with Crippen molar-refractivity contribution in [2.75, 3.05) is 12.3 Å². The molecule has 0 fully saturated rings. The Morgan fingerprint density at radius 2 is 1.95 bits per heavy atom. The van der Waals surface area contributed by atoms with E-state index in [-0.39, 0.29) is 12.5 Å². The molecule has 0 aliphatic carbocycles. The van der Waals surface area contributed by atoms with Gasteiger partial charge < -0.3 is 16.2 Å². The summed E-state index contributed by atoms with van der Waals surface area (Å²) < 4.78 is 0. The van der Waals surface area contributed by atoms with Crippen molar-refractivity contribution in [1.82, 2.24) is 5.32 Å². The third-order valence-electron chi connectivity index (χ3n) is 2.88. The number of amides is 1. The Kier molecular flexibility index (Phi) is 4.61. The van der Waals surface area contributed by atoms with Crippen LogP contribution in [0.1, 0.15) is 22.0 Å². The van der Waals surface area contributed by atoms with Crippen molar-refractivity contribution in [3.05, 3.63) is 64.7 Å². The van der Waals surface area contributed by atoms with Crippen molar-refractivity contribution in [2.45, 2.75) is 6.10 Å². The van der Waals surface area contributed by atoms with Gasteiger partial charge in [0.2, 0.25) is 0 Å². The minimum atomic E-state index is -0.764. The summed E-state index contributed by atoms with van der Waals surface area (Å²) in [5.74, 6) is -0.364. The van der Waals surface area contributed by atoms with E-state index < -0.39 is 6.10 Å². The van der Waals surface area contributed by atoms with Gasteiger partial charge in [-0.2, -0.15) is 0 Å². The Hall–Kier alpha value is -2.04. The molecule has 0 aliphatic rings. The van der Waals surface area contributed by atoms with E-state index in [4.69, 9.17) is 17.3 Å². The summed E-state index contributed by atoms with van der Waals surface area (Å²) >= 11 is 5.94. The van der Waals surface area contributed by atoms with Crippen molar-refractivity contribution in [2.24, 2.45) is 0 Å². The molecule has 0 spiro atoms. The van der Waals surface area contributed by atoms with Gasteiger partial charge in [-0.1, -0.05) is 41.9 Å². The third kappa shape index (κ3) is 3.50. The first-order chi connectivity index (χ1) is 9.58. The summed E-state index contributed by atoms with van der Waals surface area (Å²) in [6, 6.07) is 13.8. The second-order valence-corrected chi connectivity index (χ2v) is 4.78. The molecule has 0 saturated carbocycles. The highest BCUT2D eigenvalue weighted by molar-refractivity contribution is 6.34. The summed E-state index contributed by atoms with van der Waals surface area (Å²) in [4.78, 5) is 12.0. The predicted molar refractivity (Wildman–Crippen MR) is 79.6 cm³/mol. The van der Waals surface area contributed by atoms with Gasteiger partial charge in [0.1, 0.15) is 0 Å². The summed E-state index contributed by atoms with van der Waals surface area (Å²) in [5.41, 5.74) is 7.13. The monoisotopic (exact) mass is 290 g/mol. The SMILES string of the molecule is Nc1ccc(Cl)c(C(=O)NCC(O)c2ccccc2)c1. The van der Waals surface area contributed by atoms with E-state index in [0.29, 0.717) is 16.3 Å². The number of nitrogens with two attached hydrogens (primary N) is 1. The average Bonchev–Trinajstić information content (AvgIpc) is 2.47. The molecule has 0 aliphatic heterocycles. The van der Waals surface area contributed by atoms with Crippen LogP contribution < -0.4 is 11.1 Å². The molecule has 4 N–H and O–H groups in total. The zero-order valence-electron chi connectivity index (χ0n) is 10.7. The summed E-state index contributed by atoms with van der Waals surface area (Å²) in [5, 5.41) is 12.9. The quantitative estimate of drug-likeness (QED) is 0.757. The van der Waals surface area contributed by atoms with Gasteiger partial charge in [-0.25, -0.2) is 0 Å². The molecule has 2 aromatic carbocycles. The summed E-state index contributed by atoms with van der Waals surface area (Å²) in [6.07, 6.45) is -0.764. The largest absolute Gasteiger partial charge is 0.399 e. The first-order valence-corrected chi connectivity index (χ1v) is 6.52. The van der Waals surface area contributed by atoms with Gasteiger partial charge in [0, 0.05) is 12.2 Å². The van der Waals surface area contributed by atoms with Crippen LogP contribution in [0.4, 0.5) is 5.69 Å². The number of benzene rings is 2. The second kappa shape index (κ2) is 6.41. The standard InChI is InChI=1S/C15H15ClN2O2/c16-13-7-6-11(17)8-12(13)15(20)18-9-14(19)10-4-2-1-3-5-10/h1-8,14,19H,9,17H2,(H,18,20). The van der Waals surface area contributed by atoms with Crippen LogP contribution in [0.25, 0.3) is 0 Å². The Labute approximate surface area is 122 Å². The first-order valence-electron chi connectivity index (χ1n) is 6.14. The molecule has 104 valence electrons. The molecule has 1 unspecified atom stereocenters. The van der Waals surface area contributed by atoms with Crippen LogP contribution in [0.15, 0.2) is 48.5 Å². The molecular formula is C15H15ClN2O2. The van der Waals surface area contributed by atoms with Crippen LogP contribution in [0, 0.1) is 0 Å². The number of nitrogen functional groups attached to an aromatic ring is 1. The molecule has 0 saturated heterocycles. The van der Waals surface area contributed by atoms with Crippen molar-refractivity contribution < 1.29 is 9.90 Å². The highest BCUT2D eigenvalue weighted by atomic mass is 35.5. The lowest BCUT2D eigenvalue weighted by Crippen LogP contribution is -2.28. The highest BCUT2D eigenvalue weighted by Crippen LogP contribution is 2.19. The normalized spacial score (nSPS) is 11.9. The fourth-order valence-electron chi connectivity index (χ4n) is 1.79. The molecule has 5 heteroatoms. The van der Waals surface area contributed by atoms with Crippen LogP contribution >= 0.6 is 11.6 Å². The number of carbonyl (C=O) groups excluding carboxylic acids is 1. The maximum absolute atomic E-state index is 12.0. The number of anilines is 1. The molecule has 0 radical (unpaired) electrons. The van der Waals surface area contributed by atoms with Crippen LogP contribution in [-0.2, 0) is 0 Å². The molecule has 0 aromatic heterocycles. The number of nitrogens with one attached hydrogen (secondary N) is 1.